The van der Waals surface area contributed by atoms with Gasteiger partial charge in [0, 0.05) is 6.54 Å². The summed E-state index contributed by atoms with van der Waals surface area (Å²) >= 11 is 0. The zero-order valence-electron chi connectivity index (χ0n) is 12.1. The molecular weight excluding hydrogens is 286 g/mol. The van der Waals surface area contributed by atoms with E-state index < -0.39 is 33.6 Å². The highest BCUT2D eigenvalue weighted by molar-refractivity contribution is 7.89. The molecule has 0 saturated heterocycles. The first kappa shape index (κ1) is 18.9. The van der Waals surface area contributed by atoms with E-state index in [2.05, 4.69) is 9.46 Å². The molecule has 0 aromatic rings. The lowest BCUT2D eigenvalue weighted by atomic mass is 9.98. The van der Waals surface area contributed by atoms with Crippen LogP contribution in [0.15, 0.2) is 0 Å². The van der Waals surface area contributed by atoms with E-state index in [0.717, 1.165) is 0 Å². The average Bonchev–Trinajstić information content (AvgIpc) is 2.32. The fraction of sp³-hybridized carbons (Fsp3) is 0.833. The summed E-state index contributed by atoms with van der Waals surface area (Å²) in [5.41, 5.74) is 0. The molecule has 0 saturated carbocycles. The molecule has 0 aliphatic carbocycles. The number of nitrogens with one attached hydrogen (secondary N) is 1. The van der Waals surface area contributed by atoms with Gasteiger partial charge in [-0.3, -0.25) is 9.59 Å². The van der Waals surface area contributed by atoms with Crippen LogP contribution in [0.1, 0.15) is 33.6 Å². The van der Waals surface area contributed by atoms with Crippen LogP contribution >= 0.6 is 0 Å². The Morgan fingerprint density at radius 1 is 1.30 bits per heavy atom. The van der Waals surface area contributed by atoms with Gasteiger partial charge < -0.3 is 9.84 Å². The Labute approximate surface area is 119 Å². The van der Waals surface area contributed by atoms with Gasteiger partial charge in [-0.1, -0.05) is 13.8 Å². The molecule has 0 aromatic heterocycles. The lowest BCUT2D eigenvalue weighted by Crippen LogP contribution is -2.35. The summed E-state index contributed by atoms with van der Waals surface area (Å²) in [5.74, 6) is -2.64. The molecule has 7 nitrogen and oxygen atoms in total. The highest BCUT2D eigenvalue weighted by atomic mass is 32.2. The van der Waals surface area contributed by atoms with Crippen LogP contribution in [0.2, 0.25) is 0 Å². The number of rotatable bonds is 10. The molecule has 0 fully saturated rings. The minimum atomic E-state index is -3.67. The number of carboxylic acid groups (broad SMARTS) is 1. The number of hydrogen-bond donors (Lipinski definition) is 2. The number of aliphatic carboxylic acids is 1. The maximum absolute atomic E-state index is 11.6. The average molecular weight is 309 g/mol. The van der Waals surface area contributed by atoms with Crippen molar-refractivity contribution in [2.24, 2.45) is 11.8 Å². The largest absolute Gasteiger partial charge is 0.481 e. The molecule has 0 aromatic carbocycles. The van der Waals surface area contributed by atoms with E-state index in [1.54, 1.807) is 6.92 Å². The molecule has 0 radical (unpaired) electrons. The SMILES string of the molecule is CCOC(=O)CCS(=O)(=O)NCC(CC(C)C)C(=O)O. The van der Waals surface area contributed by atoms with Crippen LogP contribution < -0.4 is 4.72 Å². The molecule has 2 N–H and O–H groups in total. The van der Waals surface area contributed by atoms with Crippen molar-refractivity contribution in [1.29, 1.82) is 0 Å². The summed E-state index contributed by atoms with van der Waals surface area (Å²) in [4.78, 5) is 22.1. The molecule has 0 bridgehead atoms. The monoisotopic (exact) mass is 309 g/mol. The van der Waals surface area contributed by atoms with Crippen molar-refractivity contribution in [3.05, 3.63) is 0 Å². The molecular formula is C12H23NO6S. The first-order valence-corrected chi connectivity index (χ1v) is 8.19. The lowest BCUT2D eigenvalue weighted by Gasteiger charge is -2.15. The van der Waals surface area contributed by atoms with E-state index >= 15 is 0 Å². The fourth-order valence-corrected chi connectivity index (χ4v) is 2.63. The third-order valence-electron chi connectivity index (χ3n) is 2.54. The normalized spacial score (nSPS) is 13.2. The Hall–Kier alpha value is -1.15. The summed E-state index contributed by atoms with van der Waals surface area (Å²) in [7, 11) is -3.67. The maximum atomic E-state index is 11.6. The van der Waals surface area contributed by atoms with Gasteiger partial charge in [-0.25, -0.2) is 13.1 Å². The summed E-state index contributed by atoms with van der Waals surface area (Å²) in [6.07, 6.45) is 0.140. The summed E-state index contributed by atoms with van der Waals surface area (Å²) in [5, 5.41) is 9.00. The van der Waals surface area contributed by atoms with Crippen molar-refractivity contribution < 1.29 is 27.9 Å². The van der Waals surface area contributed by atoms with Gasteiger partial charge in [0.05, 0.1) is 24.7 Å². The highest BCUT2D eigenvalue weighted by Gasteiger charge is 2.22. The third-order valence-corrected chi connectivity index (χ3v) is 3.88. The van der Waals surface area contributed by atoms with E-state index in [1.807, 2.05) is 13.8 Å². The van der Waals surface area contributed by atoms with Crippen molar-refractivity contribution in [3.63, 3.8) is 0 Å². The van der Waals surface area contributed by atoms with Gasteiger partial charge in [0.25, 0.3) is 0 Å². The smallest absolute Gasteiger partial charge is 0.307 e. The zero-order valence-corrected chi connectivity index (χ0v) is 12.9. The minimum Gasteiger partial charge on any atom is -0.481 e. The van der Waals surface area contributed by atoms with Crippen molar-refractivity contribution in [2.75, 3.05) is 18.9 Å². The van der Waals surface area contributed by atoms with E-state index in [9.17, 15) is 18.0 Å². The van der Waals surface area contributed by atoms with E-state index in [-0.39, 0.29) is 25.5 Å². The molecule has 0 spiro atoms. The predicted octanol–water partition coefficient (Wildman–Crippen LogP) is 0.606. The Morgan fingerprint density at radius 3 is 2.35 bits per heavy atom. The number of sulfonamides is 1. The molecule has 20 heavy (non-hydrogen) atoms. The second-order valence-corrected chi connectivity index (χ2v) is 6.81. The quantitative estimate of drug-likeness (QED) is 0.572. The van der Waals surface area contributed by atoms with Gasteiger partial charge in [0.2, 0.25) is 10.0 Å². The number of carboxylic acids is 1. The van der Waals surface area contributed by atoms with Crippen LogP contribution in [0.25, 0.3) is 0 Å². The van der Waals surface area contributed by atoms with Gasteiger partial charge in [-0.15, -0.1) is 0 Å². The summed E-state index contributed by atoms with van der Waals surface area (Å²) in [6, 6.07) is 0. The van der Waals surface area contributed by atoms with Gasteiger partial charge in [0.1, 0.15) is 0 Å². The highest BCUT2D eigenvalue weighted by Crippen LogP contribution is 2.11. The van der Waals surface area contributed by atoms with Crippen LogP contribution in [-0.2, 0) is 24.3 Å². The van der Waals surface area contributed by atoms with Gasteiger partial charge in [-0.2, -0.15) is 0 Å². The van der Waals surface area contributed by atoms with Crippen molar-refractivity contribution in [2.45, 2.75) is 33.6 Å². The molecule has 8 heteroatoms. The Kier molecular flexibility index (Phi) is 8.40. The topological polar surface area (TPSA) is 110 Å². The van der Waals surface area contributed by atoms with Crippen LogP contribution in [0.4, 0.5) is 0 Å². The van der Waals surface area contributed by atoms with Gasteiger partial charge >= 0.3 is 11.9 Å². The van der Waals surface area contributed by atoms with Crippen LogP contribution in [0, 0.1) is 11.8 Å². The first-order valence-electron chi connectivity index (χ1n) is 6.53. The predicted molar refractivity (Wildman–Crippen MR) is 73.6 cm³/mol. The molecule has 1 atom stereocenters. The molecule has 0 heterocycles. The van der Waals surface area contributed by atoms with Crippen molar-refractivity contribution in [1.82, 2.24) is 4.72 Å². The number of hydrogen-bond acceptors (Lipinski definition) is 5. The van der Waals surface area contributed by atoms with E-state index in [4.69, 9.17) is 5.11 Å². The molecule has 0 aliphatic rings. The Morgan fingerprint density at radius 2 is 1.90 bits per heavy atom. The van der Waals surface area contributed by atoms with Crippen LogP contribution in [0.3, 0.4) is 0 Å². The lowest BCUT2D eigenvalue weighted by molar-refractivity contribution is -0.143. The van der Waals surface area contributed by atoms with Crippen molar-refractivity contribution in [3.8, 4) is 0 Å². The molecule has 118 valence electrons. The summed E-state index contributed by atoms with van der Waals surface area (Å²) < 4.78 is 30.1. The molecule has 0 amide bonds. The number of ether oxygens (including phenoxy) is 1. The molecule has 0 aliphatic heterocycles. The number of carbonyl (C=O) groups is 2. The van der Waals surface area contributed by atoms with Gasteiger partial charge in [0.15, 0.2) is 0 Å². The van der Waals surface area contributed by atoms with E-state index in [0.29, 0.717) is 6.42 Å². The number of esters is 1. The van der Waals surface area contributed by atoms with Crippen molar-refractivity contribution >= 4 is 22.0 Å². The van der Waals surface area contributed by atoms with Gasteiger partial charge in [-0.05, 0) is 19.3 Å². The Bertz CT molecular complexity index is 418. The summed E-state index contributed by atoms with van der Waals surface area (Å²) in [6.45, 7) is 5.39. The molecule has 1 unspecified atom stereocenters. The standard InChI is InChI=1S/C12H23NO6S/c1-4-19-11(14)5-6-20(17,18)13-8-10(12(15)16)7-9(2)3/h9-10,13H,4-8H2,1-3H3,(H,15,16). The first-order chi connectivity index (χ1) is 9.18. The zero-order chi connectivity index (χ0) is 15.8. The van der Waals surface area contributed by atoms with Crippen LogP contribution in [0.5, 0.6) is 0 Å². The van der Waals surface area contributed by atoms with Crippen LogP contribution in [-0.4, -0.2) is 44.4 Å². The minimum absolute atomic E-state index is 0.153. The third kappa shape index (κ3) is 8.87. The Balaban J connectivity index is 4.31. The second kappa shape index (κ2) is 8.91. The van der Waals surface area contributed by atoms with E-state index in [1.165, 1.54) is 0 Å². The molecule has 0 rings (SSSR count). The fourth-order valence-electron chi connectivity index (χ4n) is 1.59. The second-order valence-electron chi connectivity index (χ2n) is 4.89. The maximum Gasteiger partial charge on any atom is 0.307 e. The number of carbonyl (C=O) groups excluding carboxylic acids is 1.